The Labute approximate surface area is 164 Å². The van der Waals surface area contributed by atoms with E-state index in [0.717, 1.165) is 37.1 Å². The number of hydrogen-bond donors (Lipinski definition) is 1. The maximum atomic E-state index is 12.4. The summed E-state index contributed by atoms with van der Waals surface area (Å²) in [6, 6.07) is 7.65. The van der Waals surface area contributed by atoms with Gasteiger partial charge >= 0.3 is 0 Å². The highest BCUT2D eigenvalue weighted by atomic mass is 16.5. The van der Waals surface area contributed by atoms with Gasteiger partial charge in [-0.2, -0.15) is 0 Å². The van der Waals surface area contributed by atoms with Crippen LogP contribution in [0.15, 0.2) is 30.6 Å². The van der Waals surface area contributed by atoms with Crippen molar-refractivity contribution in [1.29, 1.82) is 0 Å². The molecule has 1 aromatic heterocycles. The third-order valence-electron chi connectivity index (χ3n) is 4.96. The molecule has 2 heterocycles. The molecule has 0 radical (unpaired) electrons. The number of benzene rings is 1. The summed E-state index contributed by atoms with van der Waals surface area (Å²) >= 11 is 0. The molecule has 1 aliphatic rings. The Morgan fingerprint density at radius 2 is 2.25 bits per heavy atom. The predicted molar refractivity (Wildman–Crippen MR) is 101 cm³/mol. The Morgan fingerprint density at radius 1 is 1.36 bits per heavy atom. The molecule has 3 rings (SSSR count). The van der Waals surface area contributed by atoms with Crippen molar-refractivity contribution in [3.8, 4) is 5.75 Å². The smallest absolute Gasteiger partial charge is 0.244 e. The molecule has 1 saturated heterocycles. The molecule has 2 aromatic rings. The first-order valence-electron chi connectivity index (χ1n) is 9.52. The molecule has 1 aliphatic heterocycles. The standard InChI is InChI=1S/C19H26N6O3/c1-28-17-6-2-4-16(10-17)11-20-18(26)8-7-15-5-3-9-24(12-15)19(27)13-25-14-21-22-23-25/h2,4,6,10,14-15H,3,5,7-9,11-13H2,1H3,(H,20,26). The van der Waals surface area contributed by atoms with Gasteiger partial charge in [-0.05, 0) is 53.3 Å². The van der Waals surface area contributed by atoms with Crippen LogP contribution in [0.3, 0.4) is 0 Å². The number of rotatable bonds is 8. The lowest BCUT2D eigenvalue weighted by Crippen LogP contribution is -2.41. The fraction of sp³-hybridized carbons (Fsp3) is 0.526. The predicted octanol–water partition coefficient (Wildman–Crippen LogP) is 1.02. The summed E-state index contributed by atoms with van der Waals surface area (Å²) < 4.78 is 6.62. The van der Waals surface area contributed by atoms with Gasteiger partial charge < -0.3 is 15.0 Å². The Bertz CT molecular complexity index is 780. The van der Waals surface area contributed by atoms with Crippen LogP contribution in [0.1, 0.15) is 31.2 Å². The Balaban J connectivity index is 1.39. The third-order valence-corrected chi connectivity index (χ3v) is 4.96. The lowest BCUT2D eigenvalue weighted by atomic mass is 9.93. The average molecular weight is 386 g/mol. The Hall–Kier alpha value is -2.97. The third kappa shape index (κ3) is 5.77. The van der Waals surface area contributed by atoms with E-state index in [9.17, 15) is 9.59 Å². The maximum Gasteiger partial charge on any atom is 0.244 e. The number of amides is 2. The van der Waals surface area contributed by atoms with Gasteiger partial charge in [0.25, 0.3) is 0 Å². The van der Waals surface area contributed by atoms with Gasteiger partial charge in [0.1, 0.15) is 18.6 Å². The van der Waals surface area contributed by atoms with Gasteiger partial charge in [0.2, 0.25) is 11.8 Å². The van der Waals surface area contributed by atoms with Gasteiger partial charge in [-0.25, -0.2) is 4.68 Å². The van der Waals surface area contributed by atoms with Crippen LogP contribution in [0.5, 0.6) is 5.75 Å². The quantitative estimate of drug-likeness (QED) is 0.727. The van der Waals surface area contributed by atoms with E-state index >= 15 is 0 Å². The van der Waals surface area contributed by atoms with Crippen molar-refractivity contribution in [2.24, 2.45) is 5.92 Å². The lowest BCUT2D eigenvalue weighted by Gasteiger charge is -2.32. The highest BCUT2D eigenvalue weighted by molar-refractivity contribution is 5.76. The molecular weight excluding hydrogens is 360 g/mol. The van der Waals surface area contributed by atoms with E-state index in [1.807, 2.05) is 29.2 Å². The summed E-state index contributed by atoms with van der Waals surface area (Å²) in [5.74, 6) is 1.16. The Kier molecular flexibility index (Phi) is 6.94. The molecule has 1 aromatic carbocycles. The molecule has 9 heteroatoms. The second-order valence-electron chi connectivity index (χ2n) is 7.02. The number of tetrazole rings is 1. The molecule has 28 heavy (non-hydrogen) atoms. The summed E-state index contributed by atoms with van der Waals surface area (Å²) in [5.41, 5.74) is 1.00. The van der Waals surface area contributed by atoms with E-state index in [-0.39, 0.29) is 18.4 Å². The summed E-state index contributed by atoms with van der Waals surface area (Å²) in [7, 11) is 1.62. The first-order chi connectivity index (χ1) is 13.6. The van der Waals surface area contributed by atoms with Crippen molar-refractivity contribution >= 4 is 11.8 Å². The number of carbonyl (C=O) groups is 2. The van der Waals surface area contributed by atoms with Crippen LogP contribution in [-0.2, 0) is 22.7 Å². The van der Waals surface area contributed by atoms with Crippen molar-refractivity contribution < 1.29 is 14.3 Å². The topological polar surface area (TPSA) is 102 Å². The SMILES string of the molecule is COc1cccc(CNC(=O)CCC2CCCN(C(=O)Cn3cnnn3)C2)c1. The van der Waals surface area contributed by atoms with E-state index in [1.54, 1.807) is 7.11 Å². The maximum absolute atomic E-state index is 12.4. The first-order valence-corrected chi connectivity index (χ1v) is 9.52. The molecular formula is C19H26N6O3. The number of likely N-dealkylation sites (tertiary alicyclic amines) is 1. The molecule has 1 unspecified atom stereocenters. The zero-order valence-corrected chi connectivity index (χ0v) is 16.1. The van der Waals surface area contributed by atoms with Crippen molar-refractivity contribution in [2.45, 2.75) is 38.8 Å². The second kappa shape index (κ2) is 9.82. The van der Waals surface area contributed by atoms with Crippen LogP contribution >= 0.6 is 0 Å². The van der Waals surface area contributed by atoms with Crippen LogP contribution in [0.4, 0.5) is 0 Å². The van der Waals surface area contributed by atoms with Gasteiger partial charge in [-0.1, -0.05) is 12.1 Å². The minimum Gasteiger partial charge on any atom is -0.497 e. The highest BCUT2D eigenvalue weighted by Crippen LogP contribution is 2.21. The van der Waals surface area contributed by atoms with Crippen LogP contribution in [0, 0.1) is 5.92 Å². The van der Waals surface area contributed by atoms with E-state index in [4.69, 9.17) is 4.74 Å². The molecule has 150 valence electrons. The van der Waals surface area contributed by atoms with Crippen molar-refractivity contribution in [1.82, 2.24) is 30.4 Å². The van der Waals surface area contributed by atoms with Gasteiger partial charge in [0.05, 0.1) is 7.11 Å². The monoisotopic (exact) mass is 386 g/mol. The van der Waals surface area contributed by atoms with Gasteiger partial charge in [0, 0.05) is 26.1 Å². The van der Waals surface area contributed by atoms with Crippen LogP contribution in [-0.4, -0.2) is 57.1 Å². The highest BCUT2D eigenvalue weighted by Gasteiger charge is 2.24. The van der Waals surface area contributed by atoms with Crippen molar-refractivity contribution in [2.75, 3.05) is 20.2 Å². The van der Waals surface area contributed by atoms with E-state index in [2.05, 4.69) is 20.8 Å². The minimum absolute atomic E-state index is 0.0134. The minimum atomic E-state index is 0.0134. The summed E-state index contributed by atoms with van der Waals surface area (Å²) in [6.07, 6.45) is 4.67. The largest absolute Gasteiger partial charge is 0.497 e. The molecule has 9 nitrogen and oxygen atoms in total. The molecule has 0 spiro atoms. The number of nitrogens with one attached hydrogen (secondary N) is 1. The summed E-state index contributed by atoms with van der Waals surface area (Å²) in [5, 5.41) is 13.8. The van der Waals surface area contributed by atoms with Gasteiger partial charge in [-0.15, -0.1) is 5.10 Å². The molecule has 1 atom stereocenters. The number of ether oxygens (including phenoxy) is 1. The van der Waals surface area contributed by atoms with Crippen molar-refractivity contribution in [3.05, 3.63) is 36.2 Å². The van der Waals surface area contributed by atoms with Crippen LogP contribution in [0.2, 0.25) is 0 Å². The van der Waals surface area contributed by atoms with E-state index < -0.39 is 0 Å². The molecule has 0 bridgehead atoms. The van der Waals surface area contributed by atoms with E-state index in [0.29, 0.717) is 25.4 Å². The fourth-order valence-electron chi connectivity index (χ4n) is 3.43. The average Bonchev–Trinajstić information content (AvgIpc) is 3.24. The molecule has 1 N–H and O–H groups in total. The normalized spacial score (nSPS) is 16.6. The summed E-state index contributed by atoms with van der Waals surface area (Å²) in [6.45, 7) is 2.07. The molecule has 0 saturated carbocycles. The van der Waals surface area contributed by atoms with Crippen molar-refractivity contribution in [3.63, 3.8) is 0 Å². The van der Waals surface area contributed by atoms with E-state index in [1.165, 1.54) is 11.0 Å². The zero-order valence-electron chi connectivity index (χ0n) is 16.1. The number of carbonyl (C=O) groups excluding carboxylic acids is 2. The van der Waals surface area contributed by atoms with Crippen LogP contribution < -0.4 is 10.1 Å². The summed E-state index contributed by atoms with van der Waals surface area (Å²) in [4.78, 5) is 26.4. The number of nitrogens with zero attached hydrogens (tertiary/aromatic N) is 5. The molecule has 2 amide bonds. The van der Waals surface area contributed by atoms with Gasteiger partial charge in [-0.3, -0.25) is 9.59 Å². The second-order valence-corrected chi connectivity index (χ2v) is 7.02. The molecule has 0 aliphatic carbocycles. The fourth-order valence-corrected chi connectivity index (χ4v) is 3.43. The van der Waals surface area contributed by atoms with Gasteiger partial charge in [0.15, 0.2) is 0 Å². The first kappa shape index (κ1) is 19.8. The number of methoxy groups -OCH3 is 1. The molecule has 1 fully saturated rings. The zero-order chi connectivity index (χ0) is 19.8. The lowest BCUT2D eigenvalue weighted by molar-refractivity contribution is -0.133. The number of hydrogen-bond acceptors (Lipinski definition) is 6. The Morgan fingerprint density at radius 3 is 3.04 bits per heavy atom. The van der Waals surface area contributed by atoms with Crippen LogP contribution in [0.25, 0.3) is 0 Å². The number of piperidine rings is 1. The number of aromatic nitrogens is 4.